The van der Waals surface area contributed by atoms with Gasteiger partial charge in [0.2, 0.25) is 0 Å². The highest BCUT2D eigenvalue weighted by Gasteiger charge is 2.35. The fourth-order valence-electron chi connectivity index (χ4n) is 4.04. The van der Waals surface area contributed by atoms with E-state index in [0.29, 0.717) is 16.7 Å². The monoisotopic (exact) mass is 423 g/mol. The van der Waals surface area contributed by atoms with Crippen LogP contribution in [0.15, 0.2) is 90.0 Å². The van der Waals surface area contributed by atoms with E-state index in [0.717, 1.165) is 24.3 Å². The van der Waals surface area contributed by atoms with Gasteiger partial charge in [0.25, 0.3) is 0 Å². The Balaban J connectivity index is 1.87. The molecule has 0 heterocycles. The van der Waals surface area contributed by atoms with E-state index < -0.39 is 0 Å². The molecule has 4 rings (SSSR count). The van der Waals surface area contributed by atoms with Gasteiger partial charge in [-0.2, -0.15) is 0 Å². The lowest BCUT2D eigenvalue weighted by Gasteiger charge is -2.22. The number of ketones is 2. The van der Waals surface area contributed by atoms with Crippen molar-refractivity contribution in [3.05, 3.63) is 112 Å². The van der Waals surface area contributed by atoms with Crippen molar-refractivity contribution in [2.75, 3.05) is 18.0 Å². The molecular weight excluding hydrogens is 398 g/mol. The summed E-state index contributed by atoms with van der Waals surface area (Å²) < 4.78 is 0. The number of hydrogen-bond acceptors (Lipinski definition) is 4. The molecule has 3 aromatic carbocycles. The lowest BCUT2D eigenvalue weighted by atomic mass is 9.80. The molecule has 0 amide bonds. The van der Waals surface area contributed by atoms with Crippen LogP contribution in [0.3, 0.4) is 0 Å². The maximum Gasteiger partial charge on any atom is 0.198 e. The van der Waals surface area contributed by atoms with Crippen LogP contribution in [-0.4, -0.2) is 29.8 Å². The summed E-state index contributed by atoms with van der Waals surface area (Å²) >= 11 is 0. The van der Waals surface area contributed by atoms with Gasteiger partial charge in [-0.3, -0.25) is 9.59 Å². The third-order valence-electron chi connectivity index (χ3n) is 5.77. The molecule has 1 aliphatic rings. The van der Waals surface area contributed by atoms with E-state index in [2.05, 4.69) is 18.7 Å². The highest BCUT2D eigenvalue weighted by atomic mass is 16.3. The highest BCUT2D eigenvalue weighted by molar-refractivity contribution is 6.34. The van der Waals surface area contributed by atoms with Crippen molar-refractivity contribution >= 4 is 29.1 Å². The van der Waals surface area contributed by atoms with Crippen molar-refractivity contribution in [2.45, 2.75) is 13.8 Å². The number of benzene rings is 3. The second-order valence-electron chi connectivity index (χ2n) is 7.62. The molecule has 0 fully saturated rings. The van der Waals surface area contributed by atoms with E-state index in [1.165, 1.54) is 0 Å². The first-order valence-electron chi connectivity index (χ1n) is 10.8. The molecular formula is C28H25NO3. The summed E-state index contributed by atoms with van der Waals surface area (Å²) in [7, 11) is 0. The minimum Gasteiger partial charge on any atom is -0.507 e. The van der Waals surface area contributed by atoms with Crippen molar-refractivity contribution in [3.8, 4) is 0 Å². The number of Topliss-reactive ketones (excluding diaryl/α,β-unsaturated/α-hetero) is 2. The molecule has 0 spiro atoms. The topological polar surface area (TPSA) is 57.6 Å². The first-order valence-corrected chi connectivity index (χ1v) is 10.8. The van der Waals surface area contributed by atoms with Crippen LogP contribution >= 0.6 is 0 Å². The minimum absolute atomic E-state index is 0.0349. The molecule has 3 aromatic rings. The van der Waals surface area contributed by atoms with Gasteiger partial charge in [-0.1, -0.05) is 66.7 Å². The predicted molar refractivity (Wildman–Crippen MR) is 129 cm³/mol. The van der Waals surface area contributed by atoms with Crippen LogP contribution in [0.2, 0.25) is 0 Å². The molecule has 1 aliphatic carbocycles. The standard InChI is InChI=1S/C28H25NO3/c1-3-29(4-2)21-16-14-19(15-17-21)18-24-25(26(30)20-10-6-5-7-11-20)28(32)23-13-9-8-12-22(23)27(24)31/h5-18,30H,3-4H2,1-2H3/b24-18?,26-25+. The number of aliphatic hydroxyl groups excluding tert-OH is 1. The summed E-state index contributed by atoms with van der Waals surface area (Å²) in [5.41, 5.74) is 3.27. The molecule has 0 atom stereocenters. The molecule has 0 aliphatic heterocycles. The Morgan fingerprint density at radius 3 is 1.94 bits per heavy atom. The normalized spacial score (nSPS) is 16.1. The molecule has 1 N–H and O–H groups in total. The summed E-state index contributed by atoms with van der Waals surface area (Å²) in [4.78, 5) is 29.0. The molecule has 0 bridgehead atoms. The second-order valence-corrected chi connectivity index (χ2v) is 7.62. The summed E-state index contributed by atoms with van der Waals surface area (Å²) in [6.07, 6.45) is 1.69. The molecule has 0 saturated carbocycles. The molecule has 4 nitrogen and oxygen atoms in total. The quantitative estimate of drug-likeness (QED) is 0.406. The zero-order valence-corrected chi connectivity index (χ0v) is 18.2. The molecule has 0 unspecified atom stereocenters. The van der Waals surface area contributed by atoms with E-state index in [1.807, 2.05) is 30.3 Å². The molecule has 4 heteroatoms. The number of aliphatic hydroxyl groups is 1. The smallest absolute Gasteiger partial charge is 0.198 e. The SMILES string of the molecule is CCN(CC)c1ccc(C=C2C(=O)c3ccccc3C(=O)/C2=C(/O)c2ccccc2)cc1. The van der Waals surface area contributed by atoms with Crippen LogP contribution in [0, 0.1) is 0 Å². The predicted octanol–water partition coefficient (Wildman–Crippen LogP) is 5.96. The van der Waals surface area contributed by atoms with Gasteiger partial charge >= 0.3 is 0 Å². The van der Waals surface area contributed by atoms with Gasteiger partial charge in [-0.15, -0.1) is 0 Å². The Labute approximate surface area is 188 Å². The fraction of sp³-hybridized carbons (Fsp3) is 0.143. The first kappa shape index (κ1) is 21.3. The zero-order chi connectivity index (χ0) is 22.7. The van der Waals surface area contributed by atoms with Crippen molar-refractivity contribution in [1.82, 2.24) is 0 Å². The summed E-state index contributed by atoms with van der Waals surface area (Å²) in [6.45, 7) is 6.01. The molecule has 160 valence electrons. The van der Waals surface area contributed by atoms with Crippen LogP contribution in [-0.2, 0) is 0 Å². The maximum absolute atomic E-state index is 13.4. The molecule has 0 saturated heterocycles. The molecule has 0 radical (unpaired) electrons. The van der Waals surface area contributed by atoms with Gasteiger partial charge in [0.15, 0.2) is 11.6 Å². The van der Waals surface area contributed by atoms with Crippen LogP contribution in [0.1, 0.15) is 45.7 Å². The van der Waals surface area contributed by atoms with Gasteiger partial charge in [-0.25, -0.2) is 0 Å². The van der Waals surface area contributed by atoms with E-state index in [1.54, 1.807) is 54.6 Å². The summed E-state index contributed by atoms with van der Waals surface area (Å²) in [5, 5.41) is 11.0. The largest absolute Gasteiger partial charge is 0.507 e. The molecule has 32 heavy (non-hydrogen) atoms. The number of fused-ring (bicyclic) bond motifs is 1. The number of allylic oxidation sites excluding steroid dienone is 2. The van der Waals surface area contributed by atoms with E-state index in [4.69, 9.17) is 0 Å². The minimum atomic E-state index is -0.354. The maximum atomic E-state index is 13.4. The Kier molecular flexibility index (Phi) is 6.04. The molecule has 0 aromatic heterocycles. The average Bonchev–Trinajstić information content (AvgIpc) is 2.84. The zero-order valence-electron chi connectivity index (χ0n) is 18.2. The number of hydrogen-bond donors (Lipinski definition) is 1. The number of anilines is 1. The Bertz CT molecular complexity index is 1220. The number of carbonyl (C=O) groups excluding carboxylic acids is 2. The summed E-state index contributed by atoms with van der Waals surface area (Å²) in [6, 6.07) is 23.4. The van der Waals surface area contributed by atoms with Gasteiger partial charge in [0.1, 0.15) is 5.76 Å². The van der Waals surface area contributed by atoms with E-state index >= 15 is 0 Å². The van der Waals surface area contributed by atoms with Gasteiger partial charge in [-0.05, 0) is 37.6 Å². The van der Waals surface area contributed by atoms with Crippen LogP contribution in [0.25, 0.3) is 11.8 Å². The second kappa shape index (κ2) is 9.06. The fourth-order valence-corrected chi connectivity index (χ4v) is 4.04. The summed E-state index contributed by atoms with van der Waals surface area (Å²) in [5.74, 6) is -0.817. The van der Waals surface area contributed by atoms with Gasteiger partial charge < -0.3 is 10.0 Å². The Morgan fingerprint density at radius 2 is 1.34 bits per heavy atom. The van der Waals surface area contributed by atoms with Crippen LogP contribution < -0.4 is 4.90 Å². The Hall–Kier alpha value is -3.92. The third-order valence-corrected chi connectivity index (χ3v) is 5.77. The van der Waals surface area contributed by atoms with Gasteiger partial charge in [0.05, 0.1) is 5.57 Å². The van der Waals surface area contributed by atoms with Crippen molar-refractivity contribution in [3.63, 3.8) is 0 Å². The van der Waals surface area contributed by atoms with E-state index in [9.17, 15) is 14.7 Å². The Morgan fingerprint density at radius 1 is 0.781 bits per heavy atom. The van der Waals surface area contributed by atoms with Crippen molar-refractivity contribution in [1.29, 1.82) is 0 Å². The first-order chi connectivity index (χ1) is 15.5. The van der Waals surface area contributed by atoms with Crippen molar-refractivity contribution < 1.29 is 14.7 Å². The highest BCUT2D eigenvalue weighted by Crippen LogP contribution is 2.35. The number of nitrogens with zero attached hydrogens (tertiary/aromatic N) is 1. The number of rotatable bonds is 5. The van der Waals surface area contributed by atoms with Crippen LogP contribution in [0.5, 0.6) is 0 Å². The lowest BCUT2D eigenvalue weighted by molar-refractivity contribution is 0.0972. The lowest BCUT2D eigenvalue weighted by Crippen LogP contribution is -2.24. The van der Waals surface area contributed by atoms with E-state index in [-0.39, 0.29) is 28.5 Å². The van der Waals surface area contributed by atoms with Crippen LogP contribution in [0.4, 0.5) is 5.69 Å². The van der Waals surface area contributed by atoms with Crippen molar-refractivity contribution in [2.24, 2.45) is 0 Å². The number of carbonyl (C=O) groups is 2. The average molecular weight is 424 g/mol. The van der Waals surface area contributed by atoms with Gasteiger partial charge in [0, 0.05) is 41.0 Å². The third kappa shape index (κ3) is 3.87.